The lowest BCUT2D eigenvalue weighted by atomic mass is 10.3. The van der Waals surface area contributed by atoms with E-state index in [0.29, 0.717) is 19.7 Å². The van der Waals surface area contributed by atoms with Gasteiger partial charge in [-0.1, -0.05) is 22.5 Å². The lowest BCUT2D eigenvalue weighted by Crippen LogP contribution is -2.31. The molecule has 0 bridgehead atoms. The Hall–Kier alpha value is 0.1000. The van der Waals surface area contributed by atoms with Crippen LogP contribution in [0.15, 0.2) is 11.1 Å². The Bertz CT molecular complexity index is 151. The Morgan fingerprint density at radius 1 is 1.62 bits per heavy atom. The minimum absolute atomic E-state index is 0.167. The molecule has 0 aromatic heterocycles. The first-order chi connectivity index (χ1) is 6.02. The predicted molar refractivity (Wildman–Crippen MR) is 58.0 cm³/mol. The van der Waals surface area contributed by atoms with Crippen molar-refractivity contribution in [2.45, 2.75) is 26.1 Å². The van der Waals surface area contributed by atoms with Gasteiger partial charge in [-0.15, -0.1) is 0 Å². The van der Waals surface area contributed by atoms with Crippen LogP contribution in [0.25, 0.3) is 0 Å². The SMILES string of the molecule is C=C(Br)CNCC(O)COC(C)C. The highest BCUT2D eigenvalue weighted by Gasteiger charge is 2.04. The van der Waals surface area contributed by atoms with E-state index in [1.54, 1.807) is 0 Å². The second kappa shape index (κ2) is 7.50. The van der Waals surface area contributed by atoms with E-state index in [-0.39, 0.29) is 6.10 Å². The maximum atomic E-state index is 9.38. The van der Waals surface area contributed by atoms with Crippen LogP contribution >= 0.6 is 15.9 Å². The Morgan fingerprint density at radius 2 is 2.23 bits per heavy atom. The molecule has 0 amide bonds. The Kier molecular flexibility index (Phi) is 7.56. The molecular weight excluding hydrogens is 234 g/mol. The maximum Gasteiger partial charge on any atom is 0.0897 e. The molecule has 0 aliphatic carbocycles. The summed E-state index contributed by atoms with van der Waals surface area (Å²) >= 11 is 3.22. The van der Waals surface area contributed by atoms with Crippen LogP contribution in [0.4, 0.5) is 0 Å². The van der Waals surface area contributed by atoms with Crippen LogP contribution in [-0.4, -0.2) is 37.0 Å². The van der Waals surface area contributed by atoms with Gasteiger partial charge >= 0.3 is 0 Å². The number of aliphatic hydroxyl groups excluding tert-OH is 1. The molecule has 0 fully saturated rings. The highest BCUT2D eigenvalue weighted by molar-refractivity contribution is 9.11. The van der Waals surface area contributed by atoms with Gasteiger partial charge in [-0.3, -0.25) is 0 Å². The average molecular weight is 252 g/mol. The van der Waals surface area contributed by atoms with E-state index in [9.17, 15) is 5.11 Å². The van der Waals surface area contributed by atoms with Gasteiger partial charge in [0.25, 0.3) is 0 Å². The van der Waals surface area contributed by atoms with Crippen LogP contribution in [0, 0.1) is 0 Å². The van der Waals surface area contributed by atoms with Crippen LogP contribution in [0.5, 0.6) is 0 Å². The van der Waals surface area contributed by atoms with E-state index < -0.39 is 6.10 Å². The largest absolute Gasteiger partial charge is 0.389 e. The molecule has 4 heteroatoms. The molecule has 0 rings (SSSR count). The third kappa shape index (κ3) is 10.0. The molecule has 0 saturated heterocycles. The fourth-order valence-electron chi connectivity index (χ4n) is 0.737. The first kappa shape index (κ1) is 13.1. The van der Waals surface area contributed by atoms with Gasteiger partial charge in [0.2, 0.25) is 0 Å². The molecule has 0 aromatic rings. The summed E-state index contributed by atoms with van der Waals surface area (Å²) in [6, 6.07) is 0. The van der Waals surface area contributed by atoms with Gasteiger partial charge in [-0.25, -0.2) is 0 Å². The van der Waals surface area contributed by atoms with E-state index in [0.717, 1.165) is 4.48 Å². The minimum Gasteiger partial charge on any atom is -0.389 e. The summed E-state index contributed by atoms with van der Waals surface area (Å²) in [5, 5.41) is 12.4. The highest BCUT2D eigenvalue weighted by Crippen LogP contribution is 1.97. The van der Waals surface area contributed by atoms with Crippen molar-refractivity contribution in [2.24, 2.45) is 0 Å². The van der Waals surface area contributed by atoms with Crippen molar-refractivity contribution >= 4 is 15.9 Å². The van der Waals surface area contributed by atoms with E-state index in [1.807, 2.05) is 13.8 Å². The lowest BCUT2D eigenvalue weighted by molar-refractivity contribution is 0.00674. The Balaban J connectivity index is 3.29. The monoisotopic (exact) mass is 251 g/mol. The molecule has 0 saturated carbocycles. The van der Waals surface area contributed by atoms with Gasteiger partial charge < -0.3 is 15.2 Å². The summed E-state index contributed by atoms with van der Waals surface area (Å²) in [5.74, 6) is 0. The smallest absolute Gasteiger partial charge is 0.0897 e. The Morgan fingerprint density at radius 3 is 2.69 bits per heavy atom. The number of nitrogens with one attached hydrogen (secondary N) is 1. The fraction of sp³-hybridized carbons (Fsp3) is 0.778. The summed E-state index contributed by atoms with van der Waals surface area (Å²) in [6.07, 6.45) is -0.282. The zero-order valence-electron chi connectivity index (χ0n) is 8.22. The second-order valence-electron chi connectivity index (χ2n) is 3.18. The van der Waals surface area contributed by atoms with Gasteiger partial charge in [0, 0.05) is 17.6 Å². The number of hydrogen-bond acceptors (Lipinski definition) is 3. The van der Waals surface area contributed by atoms with Gasteiger partial charge in [-0.2, -0.15) is 0 Å². The van der Waals surface area contributed by atoms with E-state index in [2.05, 4.69) is 27.8 Å². The van der Waals surface area contributed by atoms with Crippen molar-refractivity contribution in [3.05, 3.63) is 11.1 Å². The molecule has 0 radical (unpaired) electrons. The van der Waals surface area contributed by atoms with Crippen LogP contribution in [0.3, 0.4) is 0 Å². The summed E-state index contributed by atoms with van der Waals surface area (Å²) < 4.78 is 6.12. The molecule has 0 aliphatic heterocycles. The molecule has 0 aliphatic rings. The summed E-state index contributed by atoms with van der Waals surface area (Å²) in [7, 11) is 0. The van der Waals surface area contributed by atoms with Gasteiger partial charge in [0.15, 0.2) is 0 Å². The Labute approximate surface area is 88.3 Å². The number of aliphatic hydroxyl groups is 1. The molecule has 3 nitrogen and oxygen atoms in total. The molecule has 78 valence electrons. The average Bonchev–Trinajstić information content (AvgIpc) is 2.00. The van der Waals surface area contributed by atoms with Gasteiger partial charge in [0.05, 0.1) is 18.8 Å². The number of ether oxygens (including phenoxy) is 1. The van der Waals surface area contributed by atoms with Crippen molar-refractivity contribution in [1.82, 2.24) is 5.32 Å². The topological polar surface area (TPSA) is 41.5 Å². The molecule has 0 spiro atoms. The standard InChI is InChI=1S/C9H18BrNO2/c1-7(2)13-6-9(12)5-11-4-8(3)10/h7,9,11-12H,3-6H2,1-2H3. The molecule has 13 heavy (non-hydrogen) atoms. The van der Waals surface area contributed by atoms with Gasteiger partial charge in [-0.05, 0) is 13.8 Å². The van der Waals surface area contributed by atoms with Crippen LogP contribution in [0.1, 0.15) is 13.8 Å². The first-order valence-electron chi connectivity index (χ1n) is 4.36. The van der Waals surface area contributed by atoms with E-state index in [1.165, 1.54) is 0 Å². The maximum absolute atomic E-state index is 9.38. The zero-order chi connectivity index (χ0) is 10.3. The van der Waals surface area contributed by atoms with E-state index >= 15 is 0 Å². The van der Waals surface area contributed by atoms with Crippen molar-refractivity contribution in [1.29, 1.82) is 0 Å². The third-order valence-electron chi connectivity index (χ3n) is 1.32. The van der Waals surface area contributed by atoms with E-state index in [4.69, 9.17) is 4.74 Å². The number of rotatable bonds is 7. The van der Waals surface area contributed by atoms with Crippen molar-refractivity contribution in [2.75, 3.05) is 19.7 Å². The lowest BCUT2D eigenvalue weighted by Gasteiger charge is -2.13. The van der Waals surface area contributed by atoms with Crippen LogP contribution < -0.4 is 5.32 Å². The second-order valence-corrected chi connectivity index (χ2v) is 4.31. The fourth-order valence-corrected chi connectivity index (χ4v) is 0.935. The van der Waals surface area contributed by atoms with Crippen LogP contribution in [0.2, 0.25) is 0 Å². The van der Waals surface area contributed by atoms with Crippen LogP contribution in [-0.2, 0) is 4.74 Å². The summed E-state index contributed by atoms with van der Waals surface area (Å²) in [4.78, 5) is 0. The van der Waals surface area contributed by atoms with Crippen molar-refractivity contribution < 1.29 is 9.84 Å². The highest BCUT2D eigenvalue weighted by atomic mass is 79.9. The third-order valence-corrected chi connectivity index (χ3v) is 1.60. The first-order valence-corrected chi connectivity index (χ1v) is 5.15. The zero-order valence-corrected chi connectivity index (χ0v) is 9.80. The number of hydrogen-bond donors (Lipinski definition) is 2. The summed E-state index contributed by atoms with van der Waals surface area (Å²) in [5.41, 5.74) is 0. The molecule has 0 aromatic carbocycles. The predicted octanol–water partition coefficient (Wildman–Crippen LogP) is 1.27. The minimum atomic E-state index is -0.450. The molecular formula is C9H18BrNO2. The molecule has 1 unspecified atom stereocenters. The molecule has 1 atom stereocenters. The quantitative estimate of drug-likeness (QED) is 0.717. The number of halogens is 1. The van der Waals surface area contributed by atoms with Crippen molar-refractivity contribution in [3.8, 4) is 0 Å². The van der Waals surface area contributed by atoms with Crippen molar-refractivity contribution in [3.63, 3.8) is 0 Å². The molecule has 2 N–H and O–H groups in total. The summed E-state index contributed by atoms with van der Waals surface area (Å²) in [6.45, 7) is 9.12. The molecule has 0 heterocycles. The van der Waals surface area contributed by atoms with Gasteiger partial charge in [0.1, 0.15) is 0 Å². The normalized spacial score (nSPS) is 13.3.